The standard InChI is InChI=1S/C11H16ClNS/c12-6-10(9-3-1-2-4-9)5-11-7-13-8-14-11/h7-10H,1-6H2. The molecule has 0 saturated heterocycles. The van der Waals surface area contributed by atoms with Gasteiger partial charge in [0.15, 0.2) is 0 Å². The van der Waals surface area contributed by atoms with Gasteiger partial charge in [-0.25, -0.2) is 0 Å². The van der Waals surface area contributed by atoms with E-state index in [1.165, 1.54) is 30.6 Å². The summed E-state index contributed by atoms with van der Waals surface area (Å²) in [5.74, 6) is 2.36. The van der Waals surface area contributed by atoms with Gasteiger partial charge in [-0.15, -0.1) is 22.9 Å². The van der Waals surface area contributed by atoms with E-state index in [1.54, 1.807) is 11.3 Å². The summed E-state index contributed by atoms with van der Waals surface area (Å²) in [7, 11) is 0. The van der Waals surface area contributed by atoms with Crippen LogP contribution in [-0.2, 0) is 6.42 Å². The second kappa shape index (κ2) is 5.13. The van der Waals surface area contributed by atoms with Gasteiger partial charge in [0.05, 0.1) is 5.51 Å². The van der Waals surface area contributed by atoms with E-state index in [1.807, 2.05) is 11.7 Å². The lowest BCUT2D eigenvalue weighted by molar-refractivity contribution is 0.371. The molecule has 1 heterocycles. The molecule has 1 aliphatic rings. The van der Waals surface area contributed by atoms with Crippen molar-refractivity contribution < 1.29 is 0 Å². The van der Waals surface area contributed by atoms with Crippen LogP contribution in [0.2, 0.25) is 0 Å². The van der Waals surface area contributed by atoms with Crippen LogP contribution in [0.1, 0.15) is 30.6 Å². The van der Waals surface area contributed by atoms with Crippen molar-refractivity contribution >= 4 is 22.9 Å². The number of thiazole rings is 1. The van der Waals surface area contributed by atoms with Crippen LogP contribution >= 0.6 is 22.9 Å². The number of alkyl halides is 1. The lowest BCUT2D eigenvalue weighted by Crippen LogP contribution is -2.15. The van der Waals surface area contributed by atoms with E-state index in [0.717, 1.165) is 18.2 Å². The second-order valence-electron chi connectivity index (χ2n) is 4.13. The number of nitrogens with zero attached hydrogens (tertiary/aromatic N) is 1. The number of rotatable bonds is 4. The predicted molar refractivity (Wildman–Crippen MR) is 62.0 cm³/mol. The number of halogens is 1. The molecule has 0 amide bonds. The van der Waals surface area contributed by atoms with Gasteiger partial charge < -0.3 is 0 Å². The van der Waals surface area contributed by atoms with Crippen molar-refractivity contribution in [3.8, 4) is 0 Å². The Morgan fingerprint density at radius 3 is 2.86 bits per heavy atom. The summed E-state index contributed by atoms with van der Waals surface area (Å²) >= 11 is 7.80. The maximum Gasteiger partial charge on any atom is 0.0794 e. The van der Waals surface area contributed by atoms with Gasteiger partial charge in [-0.2, -0.15) is 0 Å². The zero-order valence-electron chi connectivity index (χ0n) is 8.29. The van der Waals surface area contributed by atoms with Gasteiger partial charge in [0.2, 0.25) is 0 Å². The van der Waals surface area contributed by atoms with Gasteiger partial charge in [-0.05, 0) is 18.3 Å². The molecule has 1 nitrogen and oxygen atoms in total. The van der Waals surface area contributed by atoms with E-state index in [0.29, 0.717) is 5.92 Å². The maximum atomic E-state index is 6.05. The number of hydrogen-bond acceptors (Lipinski definition) is 2. The fourth-order valence-electron chi connectivity index (χ4n) is 2.38. The summed E-state index contributed by atoms with van der Waals surface area (Å²) in [6, 6.07) is 0. The molecule has 3 heteroatoms. The van der Waals surface area contributed by atoms with E-state index in [9.17, 15) is 0 Å². The summed E-state index contributed by atoms with van der Waals surface area (Å²) < 4.78 is 0. The highest BCUT2D eigenvalue weighted by Crippen LogP contribution is 2.34. The molecule has 78 valence electrons. The van der Waals surface area contributed by atoms with Crippen LogP contribution in [0, 0.1) is 11.8 Å². The molecule has 14 heavy (non-hydrogen) atoms. The third-order valence-electron chi connectivity index (χ3n) is 3.21. The number of hydrogen-bond donors (Lipinski definition) is 0. The van der Waals surface area contributed by atoms with Crippen LogP contribution in [0.15, 0.2) is 11.7 Å². The van der Waals surface area contributed by atoms with Gasteiger partial charge in [-0.3, -0.25) is 4.98 Å². The van der Waals surface area contributed by atoms with Crippen LogP contribution < -0.4 is 0 Å². The topological polar surface area (TPSA) is 12.9 Å². The van der Waals surface area contributed by atoms with Crippen molar-refractivity contribution in [1.82, 2.24) is 4.98 Å². The average molecular weight is 230 g/mol. The van der Waals surface area contributed by atoms with Crippen molar-refractivity contribution in [1.29, 1.82) is 0 Å². The average Bonchev–Trinajstić information content (AvgIpc) is 2.86. The molecule has 1 saturated carbocycles. The molecule has 0 aliphatic heterocycles. The largest absolute Gasteiger partial charge is 0.253 e. The highest BCUT2D eigenvalue weighted by Gasteiger charge is 2.24. The number of aromatic nitrogens is 1. The van der Waals surface area contributed by atoms with E-state index < -0.39 is 0 Å². The highest BCUT2D eigenvalue weighted by molar-refractivity contribution is 7.09. The molecule has 1 aromatic heterocycles. The van der Waals surface area contributed by atoms with E-state index in [4.69, 9.17) is 11.6 Å². The Hall–Kier alpha value is -0.0800. The smallest absolute Gasteiger partial charge is 0.0794 e. The van der Waals surface area contributed by atoms with E-state index in [-0.39, 0.29) is 0 Å². The zero-order valence-corrected chi connectivity index (χ0v) is 9.86. The van der Waals surface area contributed by atoms with Crippen LogP contribution in [0.4, 0.5) is 0 Å². The quantitative estimate of drug-likeness (QED) is 0.717. The van der Waals surface area contributed by atoms with Crippen molar-refractivity contribution in [3.05, 3.63) is 16.6 Å². The summed E-state index contributed by atoms with van der Waals surface area (Å²) in [5, 5.41) is 0. The lowest BCUT2D eigenvalue weighted by atomic mass is 9.89. The monoisotopic (exact) mass is 229 g/mol. The maximum absolute atomic E-state index is 6.05. The van der Waals surface area contributed by atoms with Crippen molar-refractivity contribution in [2.24, 2.45) is 11.8 Å². The molecular weight excluding hydrogens is 214 g/mol. The summed E-state index contributed by atoms with van der Waals surface area (Å²) in [5.41, 5.74) is 1.91. The molecule has 0 radical (unpaired) electrons. The highest BCUT2D eigenvalue weighted by atomic mass is 35.5. The first-order valence-corrected chi connectivity index (χ1v) is 6.75. The first-order chi connectivity index (χ1) is 6.90. The van der Waals surface area contributed by atoms with Crippen molar-refractivity contribution in [2.75, 3.05) is 5.88 Å². The fraction of sp³-hybridized carbons (Fsp3) is 0.727. The van der Waals surface area contributed by atoms with Gasteiger partial charge >= 0.3 is 0 Å². The van der Waals surface area contributed by atoms with Gasteiger partial charge in [0.1, 0.15) is 0 Å². The summed E-state index contributed by atoms with van der Waals surface area (Å²) in [4.78, 5) is 5.50. The van der Waals surface area contributed by atoms with Crippen LogP contribution in [-0.4, -0.2) is 10.9 Å². The lowest BCUT2D eigenvalue weighted by Gasteiger charge is -2.19. The van der Waals surface area contributed by atoms with Crippen molar-refractivity contribution in [3.63, 3.8) is 0 Å². The Morgan fingerprint density at radius 2 is 2.29 bits per heavy atom. The van der Waals surface area contributed by atoms with Crippen LogP contribution in [0.5, 0.6) is 0 Å². The van der Waals surface area contributed by atoms with Crippen LogP contribution in [0.3, 0.4) is 0 Å². The van der Waals surface area contributed by atoms with Gasteiger partial charge in [-0.1, -0.05) is 25.7 Å². The van der Waals surface area contributed by atoms with E-state index in [2.05, 4.69) is 4.98 Å². The molecule has 1 aromatic rings. The molecule has 0 bridgehead atoms. The van der Waals surface area contributed by atoms with Crippen molar-refractivity contribution in [2.45, 2.75) is 32.1 Å². The Kier molecular flexibility index (Phi) is 3.82. The van der Waals surface area contributed by atoms with Gasteiger partial charge in [0, 0.05) is 17.0 Å². The fourth-order valence-corrected chi connectivity index (χ4v) is 3.43. The Balaban J connectivity index is 1.92. The Morgan fingerprint density at radius 1 is 1.50 bits per heavy atom. The molecule has 0 aromatic carbocycles. The minimum Gasteiger partial charge on any atom is -0.253 e. The minimum absolute atomic E-state index is 0.680. The third-order valence-corrected chi connectivity index (χ3v) is 4.41. The first-order valence-electron chi connectivity index (χ1n) is 5.33. The predicted octanol–water partition coefficient (Wildman–Crippen LogP) is 3.73. The molecule has 0 N–H and O–H groups in total. The molecule has 1 unspecified atom stereocenters. The minimum atomic E-state index is 0.680. The molecule has 1 aliphatic carbocycles. The molecule has 1 atom stereocenters. The van der Waals surface area contributed by atoms with Crippen LogP contribution in [0.25, 0.3) is 0 Å². The Labute approximate surface area is 94.5 Å². The first kappa shape index (κ1) is 10.4. The molecular formula is C11H16ClNS. The van der Waals surface area contributed by atoms with Gasteiger partial charge in [0.25, 0.3) is 0 Å². The SMILES string of the molecule is ClCC(Cc1cncs1)C1CCCC1. The molecule has 1 fully saturated rings. The zero-order chi connectivity index (χ0) is 9.80. The second-order valence-corrected chi connectivity index (χ2v) is 5.41. The van der Waals surface area contributed by atoms with E-state index >= 15 is 0 Å². The third kappa shape index (κ3) is 2.48. The molecule has 2 rings (SSSR count). The molecule has 0 spiro atoms. The normalized spacial score (nSPS) is 20.1. The Bertz CT molecular complexity index is 254. The summed E-state index contributed by atoms with van der Waals surface area (Å²) in [6.07, 6.45) is 8.70. The summed E-state index contributed by atoms with van der Waals surface area (Å²) in [6.45, 7) is 0.